The van der Waals surface area contributed by atoms with Gasteiger partial charge in [-0.3, -0.25) is 0 Å². The number of hydrogen-bond acceptors (Lipinski definition) is 6. The summed E-state index contributed by atoms with van der Waals surface area (Å²) in [6.45, 7) is 9.26. The molecular formula is C21H26ClIN6S. The van der Waals surface area contributed by atoms with Crippen LogP contribution in [0.1, 0.15) is 40.5 Å². The maximum atomic E-state index is 6.59. The van der Waals surface area contributed by atoms with Gasteiger partial charge in [0.25, 0.3) is 0 Å². The predicted octanol–water partition coefficient (Wildman–Crippen LogP) is 5.85. The Morgan fingerprint density at radius 1 is 1.17 bits per heavy atom. The number of rotatable bonds is 4. The Balaban J connectivity index is 1.57. The summed E-state index contributed by atoms with van der Waals surface area (Å²) in [4.78, 5) is 6.39. The minimum Gasteiger partial charge on any atom is -0.347 e. The Labute approximate surface area is 200 Å². The number of halogens is 2. The van der Waals surface area contributed by atoms with Gasteiger partial charge in [-0.15, -0.1) is 10.2 Å². The molecule has 1 aromatic carbocycles. The van der Waals surface area contributed by atoms with Crippen LogP contribution in [0.2, 0.25) is 5.02 Å². The average molecular weight is 557 g/mol. The third kappa shape index (κ3) is 4.11. The number of piperidine rings is 1. The molecule has 4 rings (SSSR count). The summed E-state index contributed by atoms with van der Waals surface area (Å²) in [6.07, 6.45) is 7.55. The van der Waals surface area contributed by atoms with Crippen LogP contribution in [0.3, 0.4) is 0 Å². The van der Waals surface area contributed by atoms with Gasteiger partial charge in [-0.1, -0.05) is 22.9 Å². The minimum atomic E-state index is 0.112. The van der Waals surface area contributed by atoms with Crippen molar-refractivity contribution in [2.24, 2.45) is 0 Å². The second-order valence-corrected chi connectivity index (χ2v) is 11.4. The average Bonchev–Trinajstić information content (AvgIpc) is 3.37. The smallest absolute Gasteiger partial charge is 0.208 e. The molecule has 1 aliphatic heterocycles. The molecule has 0 bridgehead atoms. The molecule has 1 aliphatic rings. The molecule has 0 spiro atoms. The molecule has 2 aromatic heterocycles. The number of nitrogens with zero attached hydrogens (tertiary/aromatic N) is 6. The highest BCUT2D eigenvalue weighted by Crippen LogP contribution is 2.44. The molecule has 9 heteroatoms. The van der Waals surface area contributed by atoms with Crippen molar-refractivity contribution >= 4 is 50.9 Å². The molecule has 0 unspecified atom stereocenters. The van der Waals surface area contributed by atoms with Gasteiger partial charge < -0.3 is 9.47 Å². The molecule has 0 atom stereocenters. The van der Waals surface area contributed by atoms with Crippen LogP contribution in [0.15, 0.2) is 36.9 Å². The number of aromatic nitrogens is 4. The third-order valence-corrected chi connectivity index (χ3v) is 9.75. The van der Waals surface area contributed by atoms with Gasteiger partial charge in [-0.05, 0) is 58.7 Å². The van der Waals surface area contributed by atoms with E-state index in [0.717, 1.165) is 34.2 Å². The first-order valence-corrected chi connectivity index (χ1v) is 12.1. The topological polar surface area (TPSA) is 50.1 Å². The van der Waals surface area contributed by atoms with Gasteiger partial charge in [0.2, 0.25) is 5.13 Å². The van der Waals surface area contributed by atoms with E-state index in [1.54, 1.807) is 23.9 Å². The van der Waals surface area contributed by atoms with Crippen molar-refractivity contribution in [3.8, 4) is 16.3 Å². The number of benzene rings is 1. The quantitative estimate of drug-likeness (QED) is 0.298. The van der Waals surface area contributed by atoms with E-state index in [0.29, 0.717) is 11.1 Å². The molecule has 1 fully saturated rings. The van der Waals surface area contributed by atoms with E-state index in [2.05, 4.69) is 80.8 Å². The molecule has 0 aliphatic carbocycles. The zero-order valence-corrected chi connectivity index (χ0v) is 21.5. The first-order valence-electron chi connectivity index (χ1n) is 9.89. The second-order valence-electron chi connectivity index (χ2n) is 9.10. The zero-order valence-electron chi connectivity index (χ0n) is 17.8. The number of anilines is 1. The van der Waals surface area contributed by atoms with Gasteiger partial charge in [0.05, 0.1) is 11.3 Å². The van der Waals surface area contributed by atoms with Crippen molar-refractivity contribution < 1.29 is 0 Å². The van der Waals surface area contributed by atoms with Crippen LogP contribution in [0.25, 0.3) is 16.3 Å². The van der Waals surface area contributed by atoms with Crippen molar-refractivity contribution in [1.29, 1.82) is 0 Å². The lowest BCUT2D eigenvalue weighted by atomic mass is 9.79. The first-order chi connectivity index (χ1) is 14.1. The molecule has 0 saturated carbocycles. The number of hydrogen-bond donors (Lipinski definition) is 0. The molecule has 160 valence electrons. The Hall–Kier alpha value is -1.23. The summed E-state index contributed by atoms with van der Waals surface area (Å²) in [7, 11) is 2.13. The van der Waals surface area contributed by atoms with Crippen LogP contribution in [-0.4, -0.2) is 47.0 Å². The molecule has 0 radical (unpaired) electrons. The Morgan fingerprint density at radius 2 is 1.87 bits per heavy atom. The predicted molar refractivity (Wildman–Crippen MR) is 133 cm³/mol. The van der Waals surface area contributed by atoms with Crippen molar-refractivity contribution in [2.75, 3.05) is 11.9 Å². The van der Waals surface area contributed by atoms with E-state index in [-0.39, 0.29) is 11.1 Å². The maximum absolute atomic E-state index is 6.59. The lowest BCUT2D eigenvalue weighted by molar-refractivity contribution is 0.0724. The van der Waals surface area contributed by atoms with E-state index in [9.17, 15) is 0 Å². The van der Waals surface area contributed by atoms with Gasteiger partial charge in [-0.25, -0.2) is 8.10 Å². The molecule has 6 nitrogen and oxygen atoms in total. The van der Waals surface area contributed by atoms with Gasteiger partial charge in [0, 0.05) is 70.7 Å². The van der Waals surface area contributed by atoms with Crippen LogP contribution in [0, 0.1) is 0 Å². The van der Waals surface area contributed by atoms with Gasteiger partial charge >= 0.3 is 0 Å². The fraction of sp³-hybridized carbons (Fsp3) is 0.476. The maximum Gasteiger partial charge on any atom is 0.208 e. The highest BCUT2D eigenvalue weighted by Gasteiger charge is 2.45. The normalized spacial score (nSPS) is 19.2. The van der Waals surface area contributed by atoms with E-state index in [4.69, 9.17) is 11.6 Å². The SMILES string of the molecule is CN(c1nnc(-c2ccc(-n3ccnc3)cc2Cl)s1)C1CC(C)(C)N(I)C(C)(C)C1. The summed E-state index contributed by atoms with van der Waals surface area (Å²) >= 11 is 10.7. The first kappa shape index (κ1) is 22.0. The van der Waals surface area contributed by atoms with Crippen molar-refractivity contribution in [2.45, 2.75) is 57.7 Å². The summed E-state index contributed by atoms with van der Waals surface area (Å²) < 4.78 is 4.40. The van der Waals surface area contributed by atoms with Gasteiger partial charge in [-0.2, -0.15) is 0 Å². The Bertz CT molecular complexity index is 1010. The van der Waals surface area contributed by atoms with Crippen LogP contribution in [-0.2, 0) is 0 Å². The van der Waals surface area contributed by atoms with E-state index >= 15 is 0 Å². The van der Waals surface area contributed by atoms with Crippen LogP contribution in [0.4, 0.5) is 5.13 Å². The van der Waals surface area contributed by atoms with Gasteiger partial charge in [0.15, 0.2) is 5.01 Å². The van der Waals surface area contributed by atoms with Crippen molar-refractivity contribution in [1.82, 2.24) is 22.9 Å². The lowest BCUT2D eigenvalue weighted by Gasteiger charge is -2.53. The molecule has 30 heavy (non-hydrogen) atoms. The van der Waals surface area contributed by atoms with Crippen LogP contribution >= 0.6 is 45.8 Å². The number of imidazole rings is 1. The van der Waals surface area contributed by atoms with Crippen LogP contribution < -0.4 is 4.90 Å². The molecule has 1 saturated heterocycles. The zero-order chi connectivity index (χ0) is 21.7. The van der Waals surface area contributed by atoms with E-state index in [1.807, 2.05) is 29.0 Å². The molecule has 3 aromatic rings. The standard InChI is InChI=1S/C21H26ClIN6S/c1-20(2)11-15(12-21(3,4)29(20)23)27(5)19-26-25-18(30-19)16-7-6-14(10-17(16)22)28-9-8-24-13-28/h6-10,13,15H,11-12H2,1-5H3. The summed E-state index contributed by atoms with van der Waals surface area (Å²) in [5, 5.41) is 11.4. The Kier molecular flexibility index (Phi) is 5.89. The lowest BCUT2D eigenvalue weighted by Crippen LogP contribution is -2.59. The molecular weight excluding hydrogens is 531 g/mol. The monoisotopic (exact) mass is 556 g/mol. The van der Waals surface area contributed by atoms with E-state index < -0.39 is 0 Å². The third-order valence-electron chi connectivity index (χ3n) is 5.78. The van der Waals surface area contributed by atoms with Crippen LogP contribution in [0.5, 0.6) is 0 Å². The Morgan fingerprint density at radius 3 is 2.47 bits per heavy atom. The molecule has 0 N–H and O–H groups in total. The van der Waals surface area contributed by atoms with Crippen molar-refractivity contribution in [3.63, 3.8) is 0 Å². The second kappa shape index (κ2) is 8.03. The van der Waals surface area contributed by atoms with E-state index in [1.165, 1.54) is 0 Å². The summed E-state index contributed by atoms with van der Waals surface area (Å²) in [5.74, 6) is 0. The van der Waals surface area contributed by atoms with Gasteiger partial charge in [0.1, 0.15) is 0 Å². The molecule has 3 heterocycles. The highest BCUT2D eigenvalue weighted by molar-refractivity contribution is 14.1. The largest absolute Gasteiger partial charge is 0.347 e. The minimum absolute atomic E-state index is 0.112. The summed E-state index contributed by atoms with van der Waals surface area (Å²) in [5.41, 5.74) is 2.10. The van der Waals surface area contributed by atoms with Crippen molar-refractivity contribution in [3.05, 3.63) is 41.9 Å². The fourth-order valence-corrected chi connectivity index (χ4v) is 5.98. The fourth-order valence-electron chi connectivity index (χ4n) is 4.35. The highest BCUT2D eigenvalue weighted by atomic mass is 127. The summed E-state index contributed by atoms with van der Waals surface area (Å²) in [6, 6.07) is 6.36. The molecule has 0 amide bonds.